The zero-order valence-corrected chi connectivity index (χ0v) is 15.1. The molecule has 0 saturated heterocycles. The maximum atomic E-state index is 12.1. The van der Waals surface area contributed by atoms with Crippen molar-refractivity contribution in [3.8, 4) is 0 Å². The lowest BCUT2D eigenvalue weighted by Crippen LogP contribution is -2.46. The summed E-state index contributed by atoms with van der Waals surface area (Å²) in [5.74, 6) is 2.88. The van der Waals surface area contributed by atoms with Crippen molar-refractivity contribution >= 4 is 16.8 Å². The Labute approximate surface area is 142 Å². The quantitative estimate of drug-likeness (QED) is 0.621. The molecule has 2 rings (SSSR count). The number of nitrogens with zero attached hydrogens (tertiary/aromatic N) is 1. The minimum Gasteiger partial charge on any atom is -0.355 e. The summed E-state index contributed by atoms with van der Waals surface area (Å²) in [7, 11) is 0.947. The minimum atomic E-state index is -0.847. The lowest BCUT2D eigenvalue weighted by atomic mass is 9.87. The first-order chi connectivity index (χ1) is 11.2. The van der Waals surface area contributed by atoms with E-state index in [9.17, 15) is 4.21 Å². The molecule has 1 saturated carbocycles. The molecule has 1 aliphatic rings. The normalized spacial score (nSPS) is 23.3. The highest BCUT2D eigenvalue weighted by Gasteiger charge is 2.19. The molecule has 3 atom stereocenters. The molecule has 1 aliphatic carbocycles. The van der Waals surface area contributed by atoms with Gasteiger partial charge in [0, 0.05) is 41.9 Å². The summed E-state index contributed by atoms with van der Waals surface area (Å²) in [6.07, 6.45) is 5.05. The van der Waals surface area contributed by atoms with E-state index in [2.05, 4.69) is 22.5 Å². The molecule has 1 fully saturated rings. The molecular formula is C18H29N3OS. The van der Waals surface area contributed by atoms with Crippen molar-refractivity contribution in [2.45, 2.75) is 44.4 Å². The Morgan fingerprint density at radius 1 is 1.30 bits per heavy atom. The van der Waals surface area contributed by atoms with E-state index < -0.39 is 10.8 Å². The van der Waals surface area contributed by atoms with Gasteiger partial charge in [-0.1, -0.05) is 50.1 Å². The van der Waals surface area contributed by atoms with Crippen LogP contribution in [-0.4, -0.2) is 35.6 Å². The van der Waals surface area contributed by atoms with Gasteiger partial charge in [0.25, 0.3) is 0 Å². The Hall–Kier alpha value is -1.36. The molecular weight excluding hydrogens is 306 g/mol. The fourth-order valence-electron chi connectivity index (χ4n) is 3.07. The van der Waals surface area contributed by atoms with E-state index in [0.29, 0.717) is 24.1 Å². The number of hydrogen-bond acceptors (Lipinski definition) is 2. The third-order valence-corrected chi connectivity index (χ3v) is 5.61. The van der Waals surface area contributed by atoms with Gasteiger partial charge in [0.1, 0.15) is 0 Å². The fourth-order valence-corrected chi connectivity index (χ4v) is 4.11. The van der Waals surface area contributed by atoms with Crippen LogP contribution >= 0.6 is 0 Å². The molecule has 0 heterocycles. The number of aliphatic imine (C=N–C) groups is 1. The average molecular weight is 336 g/mol. The topological polar surface area (TPSA) is 53.5 Å². The average Bonchev–Trinajstić information content (AvgIpc) is 2.55. The molecule has 128 valence electrons. The molecule has 1 aromatic rings. The highest BCUT2D eigenvalue weighted by atomic mass is 32.2. The SMILES string of the molecule is CN=C(NCCS(=O)Cc1ccccc1)NC1CCCC(C)C1. The van der Waals surface area contributed by atoms with Crippen molar-refractivity contribution in [3.05, 3.63) is 35.9 Å². The van der Waals surface area contributed by atoms with Crippen LogP contribution in [0.4, 0.5) is 0 Å². The molecule has 0 radical (unpaired) electrons. The van der Waals surface area contributed by atoms with Crippen LogP contribution in [0.3, 0.4) is 0 Å². The summed E-state index contributed by atoms with van der Waals surface area (Å²) >= 11 is 0. The van der Waals surface area contributed by atoms with Crippen LogP contribution in [0.2, 0.25) is 0 Å². The van der Waals surface area contributed by atoms with Crippen LogP contribution in [0.25, 0.3) is 0 Å². The van der Waals surface area contributed by atoms with Gasteiger partial charge in [-0.2, -0.15) is 0 Å². The van der Waals surface area contributed by atoms with E-state index in [1.54, 1.807) is 7.05 Å². The van der Waals surface area contributed by atoms with Crippen molar-refractivity contribution in [3.63, 3.8) is 0 Å². The summed E-state index contributed by atoms with van der Waals surface area (Å²) in [6.45, 7) is 3.00. The van der Waals surface area contributed by atoms with Crippen LogP contribution in [0.15, 0.2) is 35.3 Å². The lowest BCUT2D eigenvalue weighted by molar-refractivity contribution is 0.324. The number of nitrogens with one attached hydrogen (secondary N) is 2. The van der Waals surface area contributed by atoms with Gasteiger partial charge in [-0.15, -0.1) is 0 Å². The first-order valence-electron chi connectivity index (χ1n) is 8.53. The van der Waals surface area contributed by atoms with Gasteiger partial charge < -0.3 is 10.6 Å². The predicted molar refractivity (Wildman–Crippen MR) is 99.1 cm³/mol. The molecule has 23 heavy (non-hydrogen) atoms. The van der Waals surface area contributed by atoms with Gasteiger partial charge >= 0.3 is 0 Å². The number of guanidine groups is 1. The molecule has 4 nitrogen and oxygen atoms in total. The molecule has 0 aromatic heterocycles. The first-order valence-corrected chi connectivity index (χ1v) is 10.0. The van der Waals surface area contributed by atoms with Crippen LogP contribution in [0.5, 0.6) is 0 Å². The second kappa shape index (κ2) is 9.71. The Morgan fingerprint density at radius 2 is 2.09 bits per heavy atom. The summed E-state index contributed by atoms with van der Waals surface area (Å²) in [6, 6.07) is 10.5. The van der Waals surface area contributed by atoms with Crippen LogP contribution in [0, 0.1) is 5.92 Å². The van der Waals surface area contributed by atoms with E-state index in [4.69, 9.17) is 0 Å². The Balaban J connectivity index is 1.68. The van der Waals surface area contributed by atoms with Gasteiger partial charge in [0.2, 0.25) is 0 Å². The van der Waals surface area contributed by atoms with E-state index >= 15 is 0 Å². The molecule has 3 unspecified atom stereocenters. The number of benzene rings is 1. The van der Waals surface area contributed by atoms with Gasteiger partial charge in [-0.3, -0.25) is 9.20 Å². The Kier molecular flexibility index (Phi) is 7.59. The standard InChI is InChI=1S/C18H29N3OS/c1-15-7-6-10-17(13-15)21-18(19-2)20-11-12-23(22)14-16-8-4-3-5-9-16/h3-5,8-9,15,17H,6-7,10-14H2,1-2H3,(H2,19,20,21). The van der Waals surface area contributed by atoms with Gasteiger partial charge in [-0.05, 0) is 24.3 Å². The van der Waals surface area contributed by atoms with Crippen molar-refractivity contribution in [1.82, 2.24) is 10.6 Å². The Bertz CT molecular complexity index is 518. The molecule has 5 heteroatoms. The smallest absolute Gasteiger partial charge is 0.191 e. The summed E-state index contributed by atoms with van der Waals surface area (Å²) in [5.41, 5.74) is 1.13. The largest absolute Gasteiger partial charge is 0.355 e. The molecule has 0 amide bonds. The van der Waals surface area contributed by atoms with Crippen molar-refractivity contribution in [1.29, 1.82) is 0 Å². The lowest BCUT2D eigenvalue weighted by Gasteiger charge is -2.28. The zero-order chi connectivity index (χ0) is 16.5. The van der Waals surface area contributed by atoms with E-state index in [-0.39, 0.29) is 0 Å². The molecule has 0 spiro atoms. The second-order valence-electron chi connectivity index (χ2n) is 6.39. The number of hydrogen-bond donors (Lipinski definition) is 2. The maximum Gasteiger partial charge on any atom is 0.191 e. The minimum absolute atomic E-state index is 0.514. The summed E-state index contributed by atoms with van der Waals surface area (Å²) in [4.78, 5) is 4.28. The second-order valence-corrected chi connectivity index (χ2v) is 7.96. The van der Waals surface area contributed by atoms with Gasteiger partial charge in [-0.25, -0.2) is 0 Å². The van der Waals surface area contributed by atoms with Crippen LogP contribution < -0.4 is 10.6 Å². The molecule has 0 aliphatic heterocycles. The molecule has 0 bridgehead atoms. The van der Waals surface area contributed by atoms with Crippen LogP contribution in [0.1, 0.15) is 38.2 Å². The van der Waals surface area contributed by atoms with Gasteiger partial charge in [0.05, 0.1) is 0 Å². The fraction of sp³-hybridized carbons (Fsp3) is 0.611. The third kappa shape index (κ3) is 6.73. The van der Waals surface area contributed by atoms with E-state index in [1.165, 1.54) is 25.7 Å². The highest BCUT2D eigenvalue weighted by molar-refractivity contribution is 7.84. The van der Waals surface area contributed by atoms with E-state index in [1.807, 2.05) is 30.3 Å². The van der Waals surface area contributed by atoms with E-state index in [0.717, 1.165) is 17.4 Å². The Morgan fingerprint density at radius 3 is 2.78 bits per heavy atom. The monoisotopic (exact) mass is 335 g/mol. The predicted octanol–water partition coefficient (Wildman–Crippen LogP) is 2.68. The van der Waals surface area contributed by atoms with Crippen molar-refractivity contribution in [2.24, 2.45) is 10.9 Å². The van der Waals surface area contributed by atoms with Crippen molar-refractivity contribution < 1.29 is 4.21 Å². The molecule has 2 N–H and O–H groups in total. The van der Waals surface area contributed by atoms with Crippen molar-refractivity contribution in [2.75, 3.05) is 19.3 Å². The van der Waals surface area contributed by atoms with Gasteiger partial charge in [0.15, 0.2) is 5.96 Å². The number of rotatable bonds is 6. The first kappa shape index (κ1) is 18.0. The highest BCUT2D eigenvalue weighted by Crippen LogP contribution is 2.23. The summed E-state index contributed by atoms with van der Waals surface area (Å²) in [5, 5.41) is 6.79. The zero-order valence-electron chi connectivity index (χ0n) is 14.3. The molecule has 1 aromatic carbocycles. The summed E-state index contributed by atoms with van der Waals surface area (Å²) < 4.78 is 12.1. The maximum absolute atomic E-state index is 12.1. The van der Waals surface area contributed by atoms with Crippen LogP contribution in [-0.2, 0) is 16.6 Å². The third-order valence-electron chi connectivity index (χ3n) is 4.29.